The van der Waals surface area contributed by atoms with Crippen molar-refractivity contribution in [2.75, 3.05) is 27.1 Å². The molecule has 5 nitrogen and oxygen atoms in total. The molecule has 1 aliphatic heterocycles. The lowest BCUT2D eigenvalue weighted by molar-refractivity contribution is -0.0701. The topological polar surface area (TPSA) is 56.8 Å². The Hall–Kier alpha value is -1.07. The normalized spacial score (nSPS) is 25.5. The smallest absolute Gasteiger partial charge is 0.407 e. The molecule has 1 N–H and O–H groups in total. The predicted octanol–water partition coefficient (Wildman–Crippen LogP) is 0.271. The number of carbonyl (C=O) groups is 1. The van der Waals surface area contributed by atoms with E-state index in [1.165, 1.54) is 7.05 Å². The van der Waals surface area contributed by atoms with Crippen molar-refractivity contribution < 1.29 is 19.0 Å². The molecule has 13 heavy (non-hydrogen) atoms. The summed E-state index contributed by atoms with van der Waals surface area (Å²) in [5.74, 6) is 0. The van der Waals surface area contributed by atoms with Crippen molar-refractivity contribution in [2.45, 2.75) is 6.10 Å². The fourth-order valence-electron chi connectivity index (χ4n) is 0.872. The van der Waals surface area contributed by atoms with E-state index < -0.39 is 6.09 Å². The summed E-state index contributed by atoms with van der Waals surface area (Å²) in [5.41, 5.74) is 0. The Morgan fingerprint density at radius 2 is 2.46 bits per heavy atom. The van der Waals surface area contributed by atoms with Crippen molar-refractivity contribution >= 4 is 6.09 Å². The number of rotatable bonds is 1. The molecule has 0 bridgehead atoms. The molecule has 0 fully saturated rings. The third-order valence-electron chi connectivity index (χ3n) is 1.48. The van der Waals surface area contributed by atoms with Crippen LogP contribution in [0.2, 0.25) is 0 Å². The largest absolute Gasteiger partial charge is 0.440 e. The van der Waals surface area contributed by atoms with Gasteiger partial charge in [0.2, 0.25) is 0 Å². The van der Waals surface area contributed by atoms with E-state index in [0.717, 1.165) is 0 Å². The number of hydrogen-bond acceptors (Lipinski definition) is 4. The van der Waals surface area contributed by atoms with E-state index in [1.807, 2.05) is 0 Å². The Kier molecular flexibility index (Phi) is 4.28. The highest BCUT2D eigenvalue weighted by Crippen LogP contribution is 2.00. The summed E-state index contributed by atoms with van der Waals surface area (Å²) in [7, 11) is 1.51. The molecule has 1 unspecified atom stereocenters. The van der Waals surface area contributed by atoms with E-state index in [-0.39, 0.29) is 12.9 Å². The molecule has 1 heterocycles. The zero-order valence-corrected chi connectivity index (χ0v) is 7.49. The Labute approximate surface area is 76.7 Å². The van der Waals surface area contributed by atoms with Crippen molar-refractivity contribution in [1.82, 2.24) is 5.32 Å². The first-order valence-corrected chi connectivity index (χ1v) is 4.03. The zero-order valence-electron chi connectivity index (χ0n) is 7.49. The van der Waals surface area contributed by atoms with E-state index in [9.17, 15) is 4.79 Å². The molecule has 1 rings (SSSR count). The summed E-state index contributed by atoms with van der Waals surface area (Å²) in [5, 5.41) is 2.37. The Bertz CT molecular complexity index is 193. The molecule has 1 atom stereocenters. The van der Waals surface area contributed by atoms with Gasteiger partial charge in [0, 0.05) is 7.05 Å². The third-order valence-corrected chi connectivity index (χ3v) is 1.48. The number of nitrogens with one attached hydrogen (secondary N) is 1. The Balaban J connectivity index is 2.37. The minimum atomic E-state index is -0.459. The molecule has 0 saturated heterocycles. The molecule has 0 aromatic rings. The van der Waals surface area contributed by atoms with Crippen molar-refractivity contribution in [1.29, 1.82) is 0 Å². The summed E-state index contributed by atoms with van der Waals surface area (Å²) in [4.78, 5) is 10.8. The zero-order chi connectivity index (χ0) is 9.52. The highest BCUT2D eigenvalue weighted by molar-refractivity contribution is 5.67. The fraction of sp³-hybridized carbons (Fsp3) is 0.625. The third kappa shape index (κ3) is 3.91. The van der Waals surface area contributed by atoms with Crippen LogP contribution >= 0.6 is 0 Å². The van der Waals surface area contributed by atoms with Crippen LogP contribution in [-0.4, -0.2) is 39.3 Å². The minimum Gasteiger partial charge on any atom is -0.440 e. The molecule has 0 radical (unpaired) electrons. The van der Waals surface area contributed by atoms with Gasteiger partial charge in [0.15, 0.2) is 0 Å². The SMILES string of the molecule is CNC(=O)OC1/C=C/COCOC1. The molecule has 0 saturated carbocycles. The summed E-state index contributed by atoms with van der Waals surface area (Å²) < 4.78 is 15.0. The van der Waals surface area contributed by atoms with E-state index in [1.54, 1.807) is 12.2 Å². The van der Waals surface area contributed by atoms with Crippen LogP contribution in [0.4, 0.5) is 4.79 Å². The monoisotopic (exact) mass is 187 g/mol. The molecule has 0 aromatic heterocycles. The number of alkyl carbamates (subject to hydrolysis) is 1. The van der Waals surface area contributed by atoms with Crippen molar-refractivity contribution in [3.8, 4) is 0 Å². The average Bonchev–Trinajstić information content (AvgIpc) is 2.09. The van der Waals surface area contributed by atoms with Gasteiger partial charge in [-0.3, -0.25) is 0 Å². The predicted molar refractivity (Wildman–Crippen MR) is 45.2 cm³/mol. The highest BCUT2D eigenvalue weighted by Gasteiger charge is 2.11. The number of hydrogen-bond donors (Lipinski definition) is 1. The number of carbonyl (C=O) groups excluding carboxylic acids is 1. The second kappa shape index (κ2) is 5.55. The van der Waals surface area contributed by atoms with E-state index in [4.69, 9.17) is 14.2 Å². The van der Waals surface area contributed by atoms with Crippen molar-refractivity contribution in [3.63, 3.8) is 0 Å². The van der Waals surface area contributed by atoms with Gasteiger partial charge in [0.25, 0.3) is 0 Å². The maximum atomic E-state index is 10.8. The first kappa shape index (κ1) is 10.0. The van der Waals surface area contributed by atoms with Gasteiger partial charge in [-0.2, -0.15) is 0 Å². The lowest BCUT2D eigenvalue weighted by atomic mass is 10.3. The van der Waals surface area contributed by atoms with Gasteiger partial charge >= 0.3 is 6.09 Å². The molecule has 74 valence electrons. The van der Waals surface area contributed by atoms with Gasteiger partial charge in [-0.15, -0.1) is 0 Å². The summed E-state index contributed by atoms with van der Waals surface area (Å²) >= 11 is 0. The van der Waals surface area contributed by atoms with Crippen LogP contribution in [0.15, 0.2) is 12.2 Å². The minimum absolute atomic E-state index is 0.234. The van der Waals surface area contributed by atoms with Crippen molar-refractivity contribution in [3.05, 3.63) is 12.2 Å². The molecule has 0 spiro atoms. The lowest BCUT2D eigenvalue weighted by Gasteiger charge is -2.16. The summed E-state index contributed by atoms with van der Waals surface area (Å²) in [6.45, 7) is 1.04. The quantitative estimate of drug-likeness (QED) is 0.599. The van der Waals surface area contributed by atoms with E-state index in [2.05, 4.69) is 5.32 Å². The summed E-state index contributed by atoms with van der Waals surface area (Å²) in [6.07, 6.45) is 2.76. The fourth-order valence-corrected chi connectivity index (χ4v) is 0.872. The van der Waals surface area contributed by atoms with Gasteiger partial charge in [-0.1, -0.05) is 6.08 Å². The first-order valence-electron chi connectivity index (χ1n) is 4.03. The Morgan fingerprint density at radius 1 is 1.62 bits per heavy atom. The molecular formula is C8H13NO4. The second-order valence-corrected chi connectivity index (χ2v) is 2.48. The molecule has 1 aliphatic rings. The number of amides is 1. The van der Waals surface area contributed by atoms with E-state index >= 15 is 0 Å². The maximum absolute atomic E-state index is 10.8. The molecule has 1 amide bonds. The van der Waals surface area contributed by atoms with Crippen LogP contribution < -0.4 is 5.32 Å². The van der Waals surface area contributed by atoms with Gasteiger partial charge in [0.1, 0.15) is 12.9 Å². The van der Waals surface area contributed by atoms with Gasteiger partial charge in [-0.25, -0.2) is 4.79 Å². The van der Waals surface area contributed by atoms with Crippen LogP contribution in [-0.2, 0) is 14.2 Å². The molecule has 0 aromatic carbocycles. The van der Waals surface area contributed by atoms with Crippen LogP contribution in [0.3, 0.4) is 0 Å². The van der Waals surface area contributed by atoms with Crippen molar-refractivity contribution in [2.24, 2.45) is 0 Å². The second-order valence-electron chi connectivity index (χ2n) is 2.48. The standard InChI is InChI=1S/C8H13NO4/c1-9-8(10)13-7-3-2-4-11-6-12-5-7/h2-3,7H,4-6H2,1H3,(H,9,10)/b3-2+. The first-order chi connectivity index (χ1) is 6.33. The number of ether oxygens (including phenoxy) is 3. The molecule has 5 heteroatoms. The molecular weight excluding hydrogens is 174 g/mol. The molecule has 0 aliphatic carbocycles. The lowest BCUT2D eigenvalue weighted by Crippen LogP contribution is -2.29. The van der Waals surface area contributed by atoms with Crippen LogP contribution in [0.1, 0.15) is 0 Å². The average molecular weight is 187 g/mol. The van der Waals surface area contributed by atoms with Crippen LogP contribution in [0, 0.1) is 0 Å². The van der Waals surface area contributed by atoms with E-state index in [0.29, 0.717) is 13.2 Å². The maximum Gasteiger partial charge on any atom is 0.407 e. The highest BCUT2D eigenvalue weighted by atomic mass is 16.7. The van der Waals surface area contributed by atoms with Crippen LogP contribution in [0.5, 0.6) is 0 Å². The van der Waals surface area contributed by atoms with Gasteiger partial charge in [-0.05, 0) is 6.08 Å². The van der Waals surface area contributed by atoms with Crippen LogP contribution in [0.25, 0.3) is 0 Å². The Morgan fingerprint density at radius 3 is 3.23 bits per heavy atom. The van der Waals surface area contributed by atoms with Gasteiger partial charge in [0.05, 0.1) is 13.2 Å². The summed E-state index contributed by atoms with van der Waals surface area (Å²) in [6, 6.07) is 0. The van der Waals surface area contributed by atoms with Gasteiger partial charge < -0.3 is 19.5 Å².